The molecule has 0 radical (unpaired) electrons. The normalized spacial score (nSPS) is 15.8. The fraction of sp³-hybridized carbons (Fsp3) is 0.333. The average Bonchev–Trinajstić information content (AvgIpc) is 3.11. The molecule has 0 bridgehead atoms. The quantitative estimate of drug-likeness (QED) is 0.612. The van der Waals surface area contributed by atoms with Gasteiger partial charge in [0.15, 0.2) is 5.78 Å². The molecule has 3 rings (SSSR count). The van der Waals surface area contributed by atoms with Crippen molar-refractivity contribution in [3.8, 4) is 0 Å². The lowest BCUT2D eigenvalue weighted by molar-refractivity contribution is 0.0912. The monoisotopic (exact) mass is 397 g/mol. The number of nitrogens with one attached hydrogen (secondary N) is 2. The molecule has 5 nitrogen and oxygen atoms in total. The van der Waals surface area contributed by atoms with E-state index >= 15 is 0 Å². The second-order valence-electron chi connectivity index (χ2n) is 6.40. The van der Waals surface area contributed by atoms with Crippen molar-refractivity contribution in [2.75, 3.05) is 20.1 Å². The van der Waals surface area contributed by atoms with Gasteiger partial charge in [0.05, 0.1) is 15.6 Å². The minimum Gasteiger partial charge on any atom is -0.356 e. The summed E-state index contributed by atoms with van der Waals surface area (Å²) in [6.07, 6.45) is 3.11. The number of rotatable bonds is 4. The molecule has 1 aliphatic heterocycles. The first-order valence-electron chi connectivity index (χ1n) is 8.23. The lowest BCUT2D eigenvalue weighted by Gasteiger charge is -2.29. The van der Waals surface area contributed by atoms with Gasteiger partial charge < -0.3 is 15.2 Å². The predicted molar refractivity (Wildman–Crippen MR) is 98.6 cm³/mol. The largest absolute Gasteiger partial charge is 0.356 e. The van der Waals surface area contributed by atoms with E-state index in [2.05, 4.69) is 15.2 Å². The number of likely N-dealkylation sites (tertiary alicyclic amines) is 1. The van der Waals surface area contributed by atoms with Crippen LogP contribution in [-0.4, -0.2) is 47.8 Å². The smallest absolute Gasteiger partial charge is 0.267 e. The van der Waals surface area contributed by atoms with E-state index in [1.165, 1.54) is 18.3 Å². The predicted octanol–water partition coefficient (Wildman–Crippen LogP) is 3.52. The van der Waals surface area contributed by atoms with Gasteiger partial charge in [0.1, 0.15) is 11.5 Å². The van der Waals surface area contributed by atoms with E-state index in [0.29, 0.717) is 0 Å². The van der Waals surface area contributed by atoms with E-state index in [4.69, 9.17) is 23.2 Å². The number of hydrogen-bond acceptors (Lipinski definition) is 3. The van der Waals surface area contributed by atoms with Crippen LogP contribution in [0, 0.1) is 5.82 Å². The molecule has 26 heavy (non-hydrogen) atoms. The molecule has 0 unspecified atom stereocenters. The number of amides is 1. The third-order valence-corrected chi connectivity index (χ3v) is 5.32. The Morgan fingerprint density at radius 2 is 1.96 bits per heavy atom. The molecule has 1 aromatic heterocycles. The van der Waals surface area contributed by atoms with Crippen LogP contribution < -0.4 is 5.32 Å². The summed E-state index contributed by atoms with van der Waals surface area (Å²) < 4.78 is 14.0. The minimum absolute atomic E-state index is 0.0900. The molecule has 1 aromatic carbocycles. The van der Waals surface area contributed by atoms with Gasteiger partial charge in [0, 0.05) is 17.8 Å². The molecule has 0 atom stereocenters. The summed E-state index contributed by atoms with van der Waals surface area (Å²) in [4.78, 5) is 29.9. The number of hydrogen-bond donors (Lipinski definition) is 2. The molecule has 0 aliphatic carbocycles. The van der Waals surface area contributed by atoms with Crippen LogP contribution in [0.5, 0.6) is 0 Å². The number of benzene rings is 1. The highest BCUT2D eigenvalue weighted by Gasteiger charge is 2.23. The van der Waals surface area contributed by atoms with Crippen molar-refractivity contribution in [1.29, 1.82) is 0 Å². The number of piperidine rings is 1. The van der Waals surface area contributed by atoms with Crippen molar-refractivity contribution in [1.82, 2.24) is 15.2 Å². The first kappa shape index (κ1) is 18.9. The highest BCUT2D eigenvalue weighted by atomic mass is 35.5. The molecule has 2 N–H and O–H groups in total. The maximum atomic E-state index is 14.0. The third kappa shape index (κ3) is 3.92. The number of aromatic amines is 1. The van der Waals surface area contributed by atoms with Crippen molar-refractivity contribution in [2.24, 2.45) is 0 Å². The number of aromatic nitrogens is 1. The minimum atomic E-state index is -0.761. The van der Waals surface area contributed by atoms with E-state index in [0.717, 1.165) is 32.0 Å². The Labute approximate surface area is 160 Å². The lowest BCUT2D eigenvalue weighted by atomic mass is 10.0. The summed E-state index contributed by atoms with van der Waals surface area (Å²) in [6, 6.07) is 3.86. The average molecular weight is 398 g/mol. The van der Waals surface area contributed by atoms with Crippen molar-refractivity contribution in [2.45, 2.75) is 18.9 Å². The van der Waals surface area contributed by atoms with Gasteiger partial charge in [-0.15, -0.1) is 0 Å². The fourth-order valence-corrected chi connectivity index (χ4v) is 3.35. The van der Waals surface area contributed by atoms with Gasteiger partial charge in [-0.05, 0) is 51.2 Å². The van der Waals surface area contributed by atoms with E-state index in [1.54, 1.807) is 0 Å². The van der Waals surface area contributed by atoms with E-state index < -0.39 is 11.6 Å². The van der Waals surface area contributed by atoms with Crippen molar-refractivity contribution >= 4 is 34.9 Å². The Balaban J connectivity index is 1.74. The number of carbonyl (C=O) groups is 2. The molecule has 1 saturated heterocycles. The Bertz CT molecular complexity index is 845. The lowest BCUT2D eigenvalue weighted by Crippen LogP contribution is -2.43. The highest BCUT2D eigenvalue weighted by molar-refractivity contribution is 6.44. The molecule has 1 aliphatic rings. The number of H-pyrrole nitrogens is 1. The SMILES string of the molecule is CN1CCC(NC(=O)c2cc(C(=O)c3c(F)ccc(Cl)c3Cl)c[nH]2)CC1. The second kappa shape index (κ2) is 7.78. The van der Waals surface area contributed by atoms with Crippen molar-refractivity contribution in [3.63, 3.8) is 0 Å². The van der Waals surface area contributed by atoms with Crippen LogP contribution in [0.1, 0.15) is 39.3 Å². The van der Waals surface area contributed by atoms with Gasteiger partial charge in [-0.1, -0.05) is 23.2 Å². The van der Waals surface area contributed by atoms with Crippen LogP contribution >= 0.6 is 23.2 Å². The Hall–Kier alpha value is -1.89. The standard InChI is InChI=1S/C18H18Cl2FN3O2/c1-24-6-4-11(5-7-24)23-18(26)14-8-10(9-22-14)17(25)15-13(21)3-2-12(19)16(15)20/h2-3,8-9,11,22H,4-7H2,1H3,(H,23,26). The second-order valence-corrected chi connectivity index (χ2v) is 7.19. The summed E-state index contributed by atoms with van der Waals surface area (Å²) in [5.41, 5.74) is 0.0767. The van der Waals surface area contributed by atoms with E-state index in [9.17, 15) is 14.0 Å². The summed E-state index contributed by atoms with van der Waals surface area (Å²) >= 11 is 11.8. The first-order valence-corrected chi connectivity index (χ1v) is 8.98. The zero-order valence-electron chi connectivity index (χ0n) is 14.1. The Morgan fingerprint density at radius 1 is 1.27 bits per heavy atom. The van der Waals surface area contributed by atoms with Gasteiger partial charge in [0.25, 0.3) is 5.91 Å². The van der Waals surface area contributed by atoms with Gasteiger partial charge in [-0.3, -0.25) is 9.59 Å². The summed E-state index contributed by atoms with van der Waals surface area (Å²) in [7, 11) is 2.04. The summed E-state index contributed by atoms with van der Waals surface area (Å²) in [5.74, 6) is -1.69. The maximum absolute atomic E-state index is 14.0. The molecule has 1 fully saturated rings. The molecule has 1 amide bonds. The van der Waals surface area contributed by atoms with Crippen LogP contribution in [0.3, 0.4) is 0 Å². The fourth-order valence-electron chi connectivity index (χ4n) is 2.95. The molecule has 138 valence electrons. The highest BCUT2D eigenvalue weighted by Crippen LogP contribution is 2.29. The molecule has 2 aromatic rings. The van der Waals surface area contributed by atoms with Gasteiger partial charge in [-0.25, -0.2) is 4.39 Å². The first-order chi connectivity index (χ1) is 12.4. The van der Waals surface area contributed by atoms with Crippen LogP contribution in [0.15, 0.2) is 24.4 Å². The maximum Gasteiger partial charge on any atom is 0.267 e. The molecule has 8 heteroatoms. The summed E-state index contributed by atoms with van der Waals surface area (Å²) in [5, 5.41) is 2.90. The molecule has 0 saturated carbocycles. The van der Waals surface area contributed by atoms with E-state index in [1.807, 2.05) is 7.05 Å². The van der Waals surface area contributed by atoms with Crippen LogP contribution in [-0.2, 0) is 0 Å². The molecule has 2 heterocycles. The number of carbonyl (C=O) groups excluding carboxylic acids is 2. The Morgan fingerprint density at radius 3 is 2.65 bits per heavy atom. The number of ketones is 1. The van der Waals surface area contributed by atoms with E-state index in [-0.39, 0.29) is 38.8 Å². The summed E-state index contributed by atoms with van der Waals surface area (Å²) in [6.45, 7) is 1.85. The van der Waals surface area contributed by atoms with Crippen LogP contribution in [0.2, 0.25) is 10.0 Å². The molecule has 0 spiro atoms. The topological polar surface area (TPSA) is 65.2 Å². The van der Waals surface area contributed by atoms with Crippen LogP contribution in [0.4, 0.5) is 4.39 Å². The zero-order valence-corrected chi connectivity index (χ0v) is 15.6. The number of halogens is 3. The number of nitrogens with zero attached hydrogens (tertiary/aromatic N) is 1. The van der Waals surface area contributed by atoms with Crippen molar-refractivity contribution < 1.29 is 14.0 Å². The zero-order chi connectivity index (χ0) is 18.8. The van der Waals surface area contributed by atoms with Gasteiger partial charge >= 0.3 is 0 Å². The van der Waals surface area contributed by atoms with Crippen LogP contribution in [0.25, 0.3) is 0 Å². The Kier molecular flexibility index (Phi) is 5.65. The molecular formula is C18H18Cl2FN3O2. The molecular weight excluding hydrogens is 380 g/mol. The third-order valence-electron chi connectivity index (χ3n) is 4.51. The van der Waals surface area contributed by atoms with Crippen molar-refractivity contribution in [3.05, 3.63) is 57.1 Å². The van der Waals surface area contributed by atoms with Gasteiger partial charge in [0.2, 0.25) is 0 Å². The van der Waals surface area contributed by atoms with Gasteiger partial charge in [-0.2, -0.15) is 0 Å².